The number of ether oxygens (including phenoxy) is 1. The maximum absolute atomic E-state index is 11.8. The molecule has 6 heteroatoms. The van der Waals surface area contributed by atoms with Crippen LogP contribution in [0.1, 0.15) is 30.6 Å². The number of nitrogens with one attached hydrogen (secondary N) is 1. The highest BCUT2D eigenvalue weighted by atomic mass is 35.5. The molecule has 0 atom stereocenters. The van der Waals surface area contributed by atoms with E-state index in [0.29, 0.717) is 15.6 Å². The van der Waals surface area contributed by atoms with Crippen LogP contribution in [0.25, 0.3) is 0 Å². The van der Waals surface area contributed by atoms with Crippen LogP contribution in [-0.4, -0.2) is 24.5 Å². The van der Waals surface area contributed by atoms with E-state index in [0.717, 1.165) is 0 Å². The van der Waals surface area contributed by atoms with Gasteiger partial charge in [0.2, 0.25) is 0 Å². The molecule has 1 aromatic carbocycles. The van der Waals surface area contributed by atoms with Gasteiger partial charge in [-0.3, -0.25) is 9.59 Å². The first-order valence-corrected chi connectivity index (χ1v) is 6.58. The normalized spacial score (nSPS) is 10.4. The monoisotopic (exact) mass is 303 g/mol. The van der Waals surface area contributed by atoms with Crippen molar-refractivity contribution in [2.24, 2.45) is 0 Å². The summed E-state index contributed by atoms with van der Waals surface area (Å²) in [4.78, 5) is 23.0. The van der Waals surface area contributed by atoms with Crippen molar-refractivity contribution in [3.8, 4) is 0 Å². The molecule has 0 aromatic heterocycles. The van der Waals surface area contributed by atoms with E-state index in [1.54, 1.807) is 19.9 Å². The Morgan fingerprint density at radius 2 is 1.79 bits per heavy atom. The molecule has 0 bridgehead atoms. The van der Waals surface area contributed by atoms with Gasteiger partial charge in [0.25, 0.3) is 5.91 Å². The van der Waals surface area contributed by atoms with Gasteiger partial charge in [-0.1, -0.05) is 23.2 Å². The third-order valence-electron chi connectivity index (χ3n) is 2.11. The molecule has 4 nitrogen and oxygen atoms in total. The van der Waals surface area contributed by atoms with Gasteiger partial charge in [0.15, 0.2) is 0 Å². The molecule has 1 rings (SSSR count). The van der Waals surface area contributed by atoms with Crippen molar-refractivity contribution in [2.75, 3.05) is 6.54 Å². The van der Waals surface area contributed by atoms with Crippen LogP contribution in [0.2, 0.25) is 10.0 Å². The molecule has 104 valence electrons. The smallest absolute Gasteiger partial charge is 0.307 e. The lowest BCUT2D eigenvalue weighted by atomic mass is 10.2. The highest BCUT2D eigenvalue weighted by Crippen LogP contribution is 2.18. The summed E-state index contributed by atoms with van der Waals surface area (Å²) in [6, 6.07) is 4.56. The van der Waals surface area contributed by atoms with Crippen molar-refractivity contribution in [3.05, 3.63) is 33.8 Å². The molecule has 0 heterocycles. The first-order chi connectivity index (χ1) is 8.88. The minimum Gasteiger partial charge on any atom is -0.463 e. The largest absolute Gasteiger partial charge is 0.463 e. The molecule has 0 saturated heterocycles. The van der Waals surface area contributed by atoms with Crippen molar-refractivity contribution in [3.63, 3.8) is 0 Å². The second-order valence-electron chi connectivity index (χ2n) is 4.20. The van der Waals surface area contributed by atoms with Gasteiger partial charge in [0.1, 0.15) is 0 Å². The Morgan fingerprint density at radius 3 is 2.32 bits per heavy atom. The lowest BCUT2D eigenvalue weighted by Gasteiger charge is -2.08. The third-order valence-corrected chi connectivity index (χ3v) is 2.54. The molecular formula is C13H15Cl2NO3. The number of rotatable bonds is 5. The lowest BCUT2D eigenvalue weighted by Crippen LogP contribution is -2.27. The number of amides is 1. The fourth-order valence-corrected chi connectivity index (χ4v) is 1.91. The Kier molecular flexibility index (Phi) is 6.12. The molecule has 0 aliphatic carbocycles. The van der Waals surface area contributed by atoms with Crippen molar-refractivity contribution in [1.29, 1.82) is 0 Å². The van der Waals surface area contributed by atoms with E-state index in [-0.39, 0.29) is 30.9 Å². The summed E-state index contributed by atoms with van der Waals surface area (Å²) in [7, 11) is 0. The molecule has 0 spiro atoms. The van der Waals surface area contributed by atoms with Gasteiger partial charge in [-0.15, -0.1) is 0 Å². The number of carbonyl (C=O) groups is 2. The van der Waals surface area contributed by atoms with Crippen molar-refractivity contribution >= 4 is 35.1 Å². The molecule has 0 radical (unpaired) electrons. The zero-order valence-corrected chi connectivity index (χ0v) is 12.2. The SMILES string of the molecule is CC(C)OC(=O)CCNC(=O)c1cc(Cl)cc(Cl)c1. The maximum Gasteiger partial charge on any atom is 0.307 e. The van der Waals surface area contributed by atoms with Crippen LogP contribution in [0.15, 0.2) is 18.2 Å². The van der Waals surface area contributed by atoms with E-state index in [1.807, 2.05) is 0 Å². The Balaban J connectivity index is 2.45. The minimum absolute atomic E-state index is 0.123. The van der Waals surface area contributed by atoms with E-state index in [1.165, 1.54) is 12.1 Å². The molecular weight excluding hydrogens is 289 g/mol. The fourth-order valence-electron chi connectivity index (χ4n) is 1.39. The molecule has 1 N–H and O–H groups in total. The molecule has 0 aliphatic rings. The van der Waals surface area contributed by atoms with Crippen LogP contribution >= 0.6 is 23.2 Å². The van der Waals surface area contributed by atoms with E-state index in [4.69, 9.17) is 27.9 Å². The van der Waals surface area contributed by atoms with E-state index in [2.05, 4.69) is 5.32 Å². The van der Waals surface area contributed by atoms with Crippen molar-refractivity contribution in [2.45, 2.75) is 26.4 Å². The molecule has 0 saturated carbocycles. The van der Waals surface area contributed by atoms with E-state index in [9.17, 15) is 9.59 Å². The maximum atomic E-state index is 11.8. The van der Waals surface area contributed by atoms with Gasteiger partial charge < -0.3 is 10.1 Å². The highest BCUT2D eigenvalue weighted by molar-refractivity contribution is 6.35. The molecule has 19 heavy (non-hydrogen) atoms. The van der Waals surface area contributed by atoms with Crippen LogP contribution in [0.5, 0.6) is 0 Å². The minimum atomic E-state index is -0.348. The first kappa shape index (κ1) is 15.8. The number of hydrogen-bond donors (Lipinski definition) is 1. The topological polar surface area (TPSA) is 55.4 Å². The number of esters is 1. The van der Waals surface area contributed by atoms with Gasteiger partial charge in [0, 0.05) is 22.2 Å². The summed E-state index contributed by atoms with van der Waals surface area (Å²) in [6.07, 6.45) is -0.0342. The second kappa shape index (κ2) is 7.36. The average molecular weight is 304 g/mol. The summed E-state index contributed by atoms with van der Waals surface area (Å²) < 4.78 is 4.94. The van der Waals surface area contributed by atoms with Gasteiger partial charge in [-0.05, 0) is 32.0 Å². The molecule has 1 amide bonds. The summed E-state index contributed by atoms with van der Waals surface area (Å²) in [5.74, 6) is -0.679. The Bertz CT molecular complexity index is 455. The van der Waals surface area contributed by atoms with Crippen LogP contribution in [0, 0.1) is 0 Å². The number of hydrogen-bond acceptors (Lipinski definition) is 3. The zero-order valence-electron chi connectivity index (χ0n) is 10.7. The predicted octanol–water partition coefficient (Wildman–Crippen LogP) is 3.06. The standard InChI is InChI=1S/C13H15Cl2NO3/c1-8(2)19-12(17)3-4-16-13(18)9-5-10(14)7-11(15)6-9/h5-8H,3-4H2,1-2H3,(H,16,18). The summed E-state index contributed by atoms with van der Waals surface area (Å²) in [5, 5.41) is 3.37. The van der Waals surface area contributed by atoms with Gasteiger partial charge >= 0.3 is 5.97 Å². The summed E-state index contributed by atoms with van der Waals surface area (Å²) in [6.45, 7) is 3.74. The summed E-state index contributed by atoms with van der Waals surface area (Å²) in [5.41, 5.74) is 0.356. The van der Waals surface area contributed by atoms with E-state index >= 15 is 0 Å². The van der Waals surface area contributed by atoms with Gasteiger partial charge in [0.05, 0.1) is 12.5 Å². The average Bonchev–Trinajstić information content (AvgIpc) is 2.26. The van der Waals surface area contributed by atoms with Crippen LogP contribution in [0.4, 0.5) is 0 Å². The fraction of sp³-hybridized carbons (Fsp3) is 0.385. The number of carbonyl (C=O) groups excluding carboxylic acids is 2. The van der Waals surface area contributed by atoms with Crippen LogP contribution < -0.4 is 5.32 Å². The molecule has 0 aliphatic heterocycles. The van der Waals surface area contributed by atoms with Crippen LogP contribution in [0.3, 0.4) is 0 Å². The zero-order chi connectivity index (χ0) is 14.4. The van der Waals surface area contributed by atoms with Crippen molar-refractivity contribution in [1.82, 2.24) is 5.32 Å². The second-order valence-corrected chi connectivity index (χ2v) is 5.08. The highest BCUT2D eigenvalue weighted by Gasteiger charge is 2.09. The third kappa shape index (κ3) is 5.94. The lowest BCUT2D eigenvalue weighted by molar-refractivity contribution is -0.147. The first-order valence-electron chi connectivity index (χ1n) is 5.82. The molecule has 0 fully saturated rings. The Morgan fingerprint density at radius 1 is 1.21 bits per heavy atom. The van der Waals surface area contributed by atoms with Gasteiger partial charge in [-0.2, -0.15) is 0 Å². The molecule has 1 aromatic rings. The van der Waals surface area contributed by atoms with E-state index < -0.39 is 0 Å². The Hall–Kier alpha value is -1.26. The van der Waals surface area contributed by atoms with Gasteiger partial charge in [-0.25, -0.2) is 0 Å². The Labute approximate surface area is 122 Å². The quantitative estimate of drug-likeness (QED) is 0.851. The molecule has 0 unspecified atom stereocenters. The van der Waals surface area contributed by atoms with Crippen LogP contribution in [-0.2, 0) is 9.53 Å². The number of halogens is 2. The van der Waals surface area contributed by atoms with Crippen molar-refractivity contribution < 1.29 is 14.3 Å². The predicted molar refractivity (Wildman–Crippen MR) is 74.6 cm³/mol. The number of benzene rings is 1. The summed E-state index contributed by atoms with van der Waals surface area (Å²) >= 11 is 11.6.